The SMILES string of the molecule is COC(=O)CCCCCC[C@@H]1[C@@H](CO[Si](C)(C)C(C)(C)C)[C@H](OC(=S)n2ccnc2)C[C@@H]1C. The third-order valence-electron chi connectivity index (χ3n) is 7.67. The van der Waals surface area contributed by atoms with E-state index in [1.54, 1.807) is 17.1 Å². The number of rotatable bonds is 11. The van der Waals surface area contributed by atoms with Gasteiger partial charge in [-0.2, -0.15) is 0 Å². The summed E-state index contributed by atoms with van der Waals surface area (Å²) in [7, 11) is -0.406. The van der Waals surface area contributed by atoms with Crippen molar-refractivity contribution in [1.82, 2.24) is 9.55 Å². The predicted molar refractivity (Wildman–Crippen MR) is 139 cm³/mol. The first-order chi connectivity index (χ1) is 15.5. The molecule has 1 heterocycles. The summed E-state index contributed by atoms with van der Waals surface area (Å²) in [6.07, 6.45) is 12.2. The van der Waals surface area contributed by atoms with E-state index in [1.165, 1.54) is 7.11 Å². The van der Waals surface area contributed by atoms with Gasteiger partial charge in [0.25, 0.3) is 5.17 Å². The van der Waals surface area contributed by atoms with E-state index < -0.39 is 8.32 Å². The molecule has 1 aliphatic rings. The average molecular weight is 497 g/mol. The van der Waals surface area contributed by atoms with E-state index in [0.29, 0.717) is 29.3 Å². The molecular weight excluding hydrogens is 452 g/mol. The van der Waals surface area contributed by atoms with Gasteiger partial charge in [-0.3, -0.25) is 9.36 Å². The van der Waals surface area contributed by atoms with Crippen molar-refractivity contribution in [2.75, 3.05) is 13.7 Å². The average Bonchev–Trinajstić information content (AvgIpc) is 3.37. The Morgan fingerprint density at radius 3 is 2.48 bits per heavy atom. The number of carbonyl (C=O) groups excluding carboxylic acids is 1. The van der Waals surface area contributed by atoms with E-state index in [1.807, 2.05) is 6.20 Å². The van der Waals surface area contributed by atoms with E-state index in [0.717, 1.165) is 45.1 Å². The smallest absolute Gasteiger partial charge is 0.305 e. The second kappa shape index (κ2) is 12.5. The molecule has 33 heavy (non-hydrogen) atoms. The van der Waals surface area contributed by atoms with E-state index >= 15 is 0 Å². The molecule has 188 valence electrons. The van der Waals surface area contributed by atoms with Crippen LogP contribution >= 0.6 is 12.2 Å². The van der Waals surface area contributed by atoms with Gasteiger partial charge in [0.1, 0.15) is 12.4 Å². The molecule has 1 aliphatic carbocycles. The molecule has 0 spiro atoms. The van der Waals surface area contributed by atoms with Crippen molar-refractivity contribution in [3.05, 3.63) is 18.7 Å². The summed E-state index contributed by atoms with van der Waals surface area (Å²) in [5.74, 6) is 1.32. The van der Waals surface area contributed by atoms with Crippen LogP contribution in [0, 0.1) is 17.8 Å². The number of nitrogens with zero attached hydrogens (tertiary/aromatic N) is 2. The molecule has 1 fully saturated rings. The molecule has 0 aliphatic heterocycles. The molecule has 8 heteroatoms. The van der Waals surface area contributed by atoms with Crippen molar-refractivity contribution in [3.63, 3.8) is 0 Å². The van der Waals surface area contributed by atoms with Gasteiger partial charge < -0.3 is 13.9 Å². The second-order valence-electron chi connectivity index (χ2n) is 11.0. The molecule has 1 aromatic rings. The van der Waals surface area contributed by atoms with E-state index in [-0.39, 0.29) is 17.1 Å². The van der Waals surface area contributed by atoms with Crippen LogP contribution in [0.2, 0.25) is 18.1 Å². The van der Waals surface area contributed by atoms with Crippen molar-refractivity contribution >= 4 is 31.7 Å². The zero-order valence-electron chi connectivity index (χ0n) is 21.6. The van der Waals surface area contributed by atoms with Crippen LogP contribution in [0.3, 0.4) is 0 Å². The quantitative estimate of drug-likeness (QED) is 0.157. The molecule has 0 saturated heterocycles. The van der Waals surface area contributed by atoms with Crippen molar-refractivity contribution < 1.29 is 18.7 Å². The molecular formula is C25H44N2O4SSi. The summed E-state index contributed by atoms with van der Waals surface area (Å²) in [6, 6.07) is 0. The Morgan fingerprint density at radius 2 is 1.88 bits per heavy atom. The molecule has 6 nitrogen and oxygen atoms in total. The van der Waals surface area contributed by atoms with Crippen LogP contribution in [0.4, 0.5) is 0 Å². The second-order valence-corrected chi connectivity index (χ2v) is 16.2. The van der Waals surface area contributed by atoms with Crippen LogP contribution in [0.1, 0.15) is 72.6 Å². The molecule has 2 rings (SSSR count). The normalized spacial score (nSPS) is 23.5. The molecule has 1 aromatic heterocycles. The van der Waals surface area contributed by atoms with Gasteiger partial charge in [-0.25, -0.2) is 4.98 Å². The van der Waals surface area contributed by atoms with Crippen LogP contribution in [0.5, 0.6) is 0 Å². The highest BCUT2D eigenvalue weighted by atomic mass is 32.1. The van der Waals surface area contributed by atoms with Crippen LogP contribution in [-0.2, 0) is 18.7 Å². The number of ether oxygens (including phenoxy) is 2. The minimum absolute atomic E-state index is 0.0593. The van der Waals surface area contributed by atoms with Crippen LogP contribution in [0.25, 0.3) is 0 Å². The molecule has 0 amide bonds. The van der Waals surface area contributed by atoms with Gasteiger partial charge in [-0.05, 0) is 61.4 Å². The third-order valence-corrected chi connectivity index (χ3v) is 12.5. The Hall–Kier alpha value is -1.25. The van der Waals surface area contributed by atoms with Crippen LogP contribution in [-0.4, -0.2) is 48.8 Å². The Kier molecular flexibility index (Phi) is 10.6. The Bertz CT molecular complexity index is 748. The standard InChI is InChI=1S/C25H44N2O4SSi/c1-19-16-22(31-24(32)27-15-14-26-18-27)21(17-30-33(6,7)25(2,3)4)20(19)12-10-8-9-11-13-23(28)29-5/h14-15,18-22H,8-13,16-17H2,1-7H3/t19-,20-,21+,22+/m0/s1. The number of unbranched alkanes of at least 4 members (excludes halogenated alkanes) is 3. The maximum Gasteiger partial charge on any atom is 0.305 e. The van der Waals surface area contributed by atoms with Crippen LogP contribution < -0.4 is 0 Å². The van der Waals surface area contributed by atoms with Gasteiger partial charge in [-0.1, -0.05) is 47.0 Å². The fourth-order valence-corrected chi connectivity index (χ4v) is 5.74. The lowest BCUT2D eigenvalue weighted by atomic mass is 9.85. The largest absolute Gasteiger partial charge is 0.469 e. The molecule has 0 radical (unpaired) electrons. The maximum absolute atomic E-state index is 11.3. The lowest BCUT2D eigenvalue weighted by Crippen LogP contribution is -2.43. The summed E-state index contributed by atoms with van der Waals surface area (Å²) in [4.78, 5) is 15.4. The Morgan fingerprint density at radius 1 is 1.18 bits per heavy atom. The molecule has 0 unspecified atom stereocenters. The first kappa shape index (κ1) is 28.0. The van der Waals surface area contributed by atoms with Gasteiger partial charge in [0.2, 0.25) is 0 Å². The fraction of sp³-hybridized carbons (Fsp3) is 0.800. The van der Waals surface area contributed by atoms with E-state index in [2.05, 4.69) is 45.8 Å². The van der Waals surface area contributed by atoms with E-state index in [4.69, 9.17) is 26.1 Å². The number of thiocarbonyl (C=S) groups is 1. The zero-order valence-corrected chi connectivity index (χ0v) is 23.5. The number of aromatic nitrogens is 2. The number of esters is 1. The monoisotopic (exact) mass is 496 g/mol. The first-order valence-corrected chi connectivity index (χ1v) is 15.7. The maximum atomic E-state index is 11.3. The summed E-state index contributed by atoms with van der Waals surface area (Å²) < 4.78 is 19.5. The van der Waals surface area contributed by atoms with Crippen molar-refractivity contribution in [1.29, 1.82) is 0 Å². The predicted octanol–water partition coefficient (Wildman–Crippen LogP) is 6.21. The summed E-state index contributed by atoms with van der Waals surface area (Å²) >= 11 is 5.56. The topological polar surface area (TPSA) is 62.6 Å². The van der Waals surface area contributed by atoms with Gasteiger partial charge in [-0.15, -0.1) is 0 Å². The summed E-state index contributed by atoms with van der Waals surface area (Å²) in [6.45, 7) is 14.5. The number of hydrogen-bond acceptors (Lipinski definition) is 6. The molecule has 0 N–H and O–H groups in total. The van der Waals surface area contributed by atoms with Gasteiger partial charge in [0.05, 0.1) is 7.11 Å². The van der Waals surface area contributed by atoms with Gasteiger partial charge in [0, 0.05) is 31.3 Å². The van der Waals surface area contributed by atoms with Crippen molar-refractivity contribution in [3.8, 4) is 0 Å². The third kappa shape index (κ3) is 8.18. The number of carbonyl (C=O) groups is 1. The first-order valence-electron chi connectivity index (χ1n) is 12.4. The number of imidazole rings is 1. The van der Waals surface area contributed by atoms with Gasteiger partial charge >= 0.3 is 5.97 Å². The van der Waals surface area contributed by atoms with Crippen molar-refractivity contribution in [2.45, 2.75) is 96.9 Å². The molecule has 0 bridgehead atoms. The van der Waals surface area contributed by atoms with Crippen LogP contribution in [0.15, 0.2) is 18.7 Å². The number of methoxy groups -OCH3 is 1. The molecule has 4 atom stereocenters. The zero-order chi connectivity index (χ0) is 24.6. The van der Waals surface area contributed by atoms with Gasteiger partial charge in [0.15, 0.2) is 8.32 Å². The highest BCUT2D eigenvalue weighted by Crippen LogP contribution is 2.44. The Balaban J connectivity index is 2.00. The molecule has 1 saturated carbocycles. The number of hydrogen-bond donors (Lipinski definition) is 0. The minimum atomic E-state index is -1.86. The highest BCUT2D eigenvalue weighted by Gasteiger charge is 2.45. The minimum Gasteiger partial charge on any atom is -0.469 e. The summed E-state index contributed by atoms with van der Waals surface area (Å²) in [5, 5.41) is 0.639. The summed E-state index contributed by atoms with van der Waals surface area (Å²) in [5.41, 5.74) is 0. The van der Waals surface area contributed by atoms with Crippen molar-refractivity contribution in [2.24, 2.45) is 17.8 Å². The molecule has 0 aromatic carbocycles. The lowest BCUT2D eigenvalue weighted by molar-refractivity contribution is -0.140. The fourth-order valence-electron chi connectivity index (χ4n) is 4.46. The van der Waals surface area contributed by atoms with E-state index in [9.17, 15) is 4.79 Å². The highest BCUT2D eigenvalue weighted by molar-refractivity contribution is 7.80. The Labute approximate surface area is 206 Å². The lowest BCUT2D eigenvalue weighted by Gasteiger charge is -2.38.